The van der Waals surface area contributed by atoms with Gasteiger partial charge in [-0.1, -0.05) is 0 Å². The molecule has 0 radical (unpaired) electrons. The van der Waals surface area contributed by atoms with E-state index >= 15 is 0 Å². The van der Waals surface area contributed by atoms with Crippen LogP contribution < -0.4 is 5.32 Å². The summed E-state index contributed by atoms with van der Waals surface area (Å²) in [7, 11) is 0. The predicted molar refractivity (Wildman–Crippen MR) is 58.0 cm³/mol. The number of rotatable bonds is 1. The molecule has 2 aromatic heterocycles. The van der Waals surface area contributed by atoms with E-state index < -0.39 is 0 Å². The monoisotopic (exact) mass is 202 g/mol. The Hall–Kier alpha value is -1.42. The third-order valence-corrected chi connectivity index (χ3v) is 3.08. The first-order valence-electron chi connectivity index (χ1n) is 5.35. The van der Waals surface area contributed by atoms with Gasteiger partial charge in [0.1, 0.15) is 5.82 Å². The maximum absolute atomic E-state index is 4.65. The van der Waals surface area contributed by atoms with Crippen LogP contribution in [0.3, 0.4) is 0 Å². The van der Waals surface area contributed by atoms with Gasteiger partial charge in [-0.05, 0) is 19.9 Å². The molecule has 15 heavy (non-hydrogen) atoms. The predicted octanol–water partition coefficient (Wildman–Crippen LogP) is 1.11. The number of aromatic nitrogens is 3. The molecule has 1 aliphatic heterocycles. The molecule has 0 spiro atoms. The van der Waals surface area contributed by atoms with E-state index in [1.807, 2.05) is 25.5 Å². The van der Waals surface area contributed by atoms with E-state index in [2.05, 4.69) is 19.7 Å². The van der Waals surface area contributed by atoms with Crippen molar-refractivity contribution in [1.29, 1.82) is 0 Å². The van der Waals surface area contributed by atoms with Crippen LogP contribution in [0, 0.1) is 6.92 Å². The van der Waals surface area contributed by atoms with Crippen LogP contribution in [0.1, 0.15) is 23.9 Å². The molecule has 0 bridgehead atoms. The highest BCUT2D eigenvalue weighted by atomic mass is 15.1. The van der Waals surface area contributed by atoms with Crippen LogP contribution in [0.2, 0.25) is 0 Å². The summed E-state index contributed by atoms with van der Waals surface area (Å²) in [6.07, 6.45) is 6.89. The summed E-state index contributed by atoms with van der Waals surface area (Å²) in [6, 6.07) is 0. The van der Waals surface area contributed by atoms with Gasteiger partial charge in [0.2, 0.25) is 0 Å². The Bertz CT molecular complexity index is 482. The van der Waals surface area contributed by atoms with Gasteiger partial charge < -0.3 is 9.72 Å². The van der Waals surface area contributed by atoms with Crippen LogP contribution in [0.5, 0.6) is 0 Å². The minimum absolute atomic E-state index is 0.550. The fourth-order valence-electron chi connectivity index (χ4n) is 2.27. The minimum Gasteiger partial charge on any atom is -0.316 e. The van der Waals surface area contributed by atoms with Crippen molar-refractivity contribution in [3.63, 3.8) is 0 Å². The standard InChI is InChI=1S/C11H14N4/c1-8-10-7-13-4-5-15(10)11(14-8)9-2-3-12-6-9/h4-5,7,9,12H,2-3,6H2,1H3. The van der Waals surface area contributed by atoms with Crippen molar-refractivity contribution in [1.82, 2.24) is 19.7 Å². The third-order valence-electron chi connectivity index (χ3n) is 3.08. The second-order valence-electron chi connectivity index (χ2n) is 4.08. The average molecular weight is 202 g/mol. The largest absolute Gasteiger partial charge is 0.316 e. The minimum atomic E-state index is 0.550. The van der Waals surface area contributed by atoms with Crippen molar-refractivity contribution in [2.45, 2.75) is 19.3 Å². The number of imidazole rings is 1. The molecule has 4 heteroatoms. The van der Waals surface area contributed by atoms with Crippen LogP contribution in [0.15, 0.2) is 18.6 Å². The zero-order valence-electron chi connectivity index (χ0n) is 8.77. The molecule has 1 saturated heterocycles. The summed E-state index contributed by atoms with van der Waals surface area (Å²) in [4.78, 5) is 8.79. The van der Waals surface area contributed by atoms with Crippen molar-refractivity contribution in [2.24, 2.45) is 0 Å². The summed E-state index contributed by atoms with van der Waals surface area (Å²) >= 11 is 0. The Balaban J connectivity index is 2.17. The summed E-state index contributed by atoms with van der Waals surface area (Å²) in [6.45, 7) is 4.19. The normalized spacial score (nSPS) is 21.3. The Labute approximate surface area is 88.4 Å². The fraction of sp³-hybridized carbons (Fsp3) is 0.455. The lowest BCUT2D eigenvalue weighted by molar-refractivity contribution is 0.696. The van der Waals surface area contributed by atoms with Crippen LogP contribution >= 0.6 is 0 Å². The highest BCUT2D eigenvalue weighted by Crippen LogP contribution is 2.23. The summed E-state index contributed by atoms with van der Waals surface area (Å²) in [5.41, 5.74) is 2.20. The van der Waals surface area contributed by atoms with Crippen LogP contribution in [0.25, 0.3) is 5.52 Å². The third kappa shape index (κ3) is 1.33. The Kier molecular flexibility index (Phi) is 1.95. The van der Waals surface area contributed by atoms with E-state index in [-0.39, 0.29) is 0 Å². The zero-order valence-corrected chi connectivity index (χ0v) is 8.77. The van der Waals surface area contributed by atoms with Crippen LogP contribution in [-0.4, -0.2) is 27.5 Å². The molecule has 0 saturated carbocycles. The van der Waals surface area contributed by atoms with Crippen molar-refractivity contribution in [3.05, 3.63) is 30.1 Å². The van der Waals surface area contributed by atoms with Gasteiger partial charge in [-0.3, -0.25) is 4.98 Å². The highest BCUT2D eigenvalue weighted by Gasteiger charge is 2.21. The van der Waals surface area contributed by atoms with E-state index in [1.165, 1.54) is 12.2 Å². The van der Waals surface area contributed by atoms with E-state index in [1.54, 1.807) is 0 Å². The maximum atomic E-state index is 4.65. The lowest BCUT2D eigenvalue weighted by Crippen LogP contribution is -2.10. The lowest BCUT2D eigenvalue weighted by Gasteiger charge is -2.06. The van der Waals surface area contributed by atoms with Gasteiger partial charge in [0.05, 0.1) is 17.4 Å². The van der Waals surface area contributed by atoms with Crippen molar-refractivity contribution >= 4 is 5.52 Å². The van der Waals surface area contributed by atoms with E-state index in [9.17, 15) is 0 Å². The molecule has 1 fully saturated rings. The molecule has 0 aromatic carbocycles. The topological polar surface area (TPSA) is 42.2 Å². The Morgan fingerprint density at radius 1 is 1.53 bits per heavy atom. The van der Waals surface area contributed by atoms with Gasteiger partial charge in [-0.15, -0.1) is 0 Å². The molecule has 3 rings (SSSR count). The first-order chi connectivity index (χ1) is 7.36. The Morgan fingerprint density at radius 3 is 3.27 bits per heavy atom. The van der Waals surface area contributed by atoms with E-state index in [0.717, 1.165) is 24.3 Å². The summed E-state index contributed by atoms with van der Waals surface area (Å²) < 4.78 is 2.17. The smallest absolute Gasteiger partial charge is 0.118 e. The molecule has 1 atom stereocenters. The number of fused-ring (bicyclic) bond motifs is 1. The number of hydrogen-bond acceptors (Lipinski definition) is 3. The first kappa shape index (κ1) is 8.85. The van der Waals surface area contributed by atoms with Crippen molar-refractivity contribution < 1.29 is 0 Å². The summed E-state index contributed by atoms with van der Waals surface area (Å²) in [5, 5.41) is 3.38. The van der Waals surface area contributed by atoms with Gasteiger partial charge in [0, 0.05) is 24.9 Å². The SMILES string of the molecule is Cc1nc(C2CCNC2)n2ccncc12. The highest BCUT2D eigenvalue weighted by molar-refractivity contribution is 5.50. The number of nitrogens with one attached hydrogen (secondary N) is 1. The first-order valence-corrected chi connectivity index (χ1v) is 5.35. The molecule has 1 N–H and O–H groups in total. The molecule has 3 heterocycles. The fourth-order valence-corrected chi connectivity index (χ4v) is 2.27. The quantitative estimate of drug-likeness (QED) is 0.753. The molecule has 0 amide bonds. The zero-order chi connectivity index (χ0) is 10.3. The van der Waals surface area contributed by atoms with E-state index in [0.29, 0.717) is 5.92 Å². The van der Waals surface area contributed by atoms with Gasteiger partial charge in [0.15, 0.2) is 0 Å². The average Bonchev–Trinajstić information content (AvgIpc) is 2.87. The van der Waals surface area contributed by atoms with Gasteiger partial charge in [0.25, 0.3) is 0 Å². The second kappa shape index (κ2) is 3.31. The Morgan fingerprint density at radius 2 is 2.47 bits per heavy atom. The van der Waals surface area contributed by atoms with Gasteiger partial charge in [-0.25, -0.2) is 4.98 Å². The van der Waals surface area contributed by atoms with Crippen molar-refractivity contribution in [3.8, 4) is 0 Å². The number of nitrogens with zero attached hydrogens (tertiary/aromatic N) is 3. The van der Waals surface area contributed by atoms with Crippen LogP contribution in [0.4, 0.5) is 0 Å². The molecule has 1 unspecified atom stereocenters. The van der Waals surface area contributed by atoms with E-state index in [4.69, 9.17) is 0 Å². The van der Waals surface area contributed by atoms with Gasteiger partial charge in [-0.2, -0.15) is 0 Å². The van der Waals surface area contributed by atoms with Crippen molar-refractivity contribution in [2.75, 3.05) is 13.1 Å². The van der Waals surface area contributed by atoms with Gasteiger partial charge >= 0.3 is 0 Å². The number of aryl methyl sites for hydroxylation is 1. The molecule has 1 aliphatic rings. The maximum Gasteiger partial charge on any atom is 0.118 e. The molecule has 4 nitrogen and oxygen atoms in total. The van der Waals surface area contributed by atoms with Crippen LogP contribution in [-0.2, 0) is 0 Å². The summed E-state index contributed by atoms with van der Waals surface area (Å²) in [5.74, 6) is 1.73. The molecule has 78 valence electrons. The molecular weight excluding hydrogens is 188 g/mol. The lowest BCUT2D eigenvalue weighted by atomic mass is 10.1. The number of hydrogen-bond donors (Lipinski definition) is 1. The molecule has 2 aromatic rings. The molecular formula is C11H14N4. The second-order valence-corrected chi connectivity index (χ2v) is 4.08. The molecule has 0 aliphatic carbocycles.